The van der Waals surface area contributed by atoms with Crippen LogP contribution in [0.1, 0.15) is 36.3 Å². The van der Waals surface area contributed by atoms with E-state index in [1.54, 1.807) is 6.07 Å². The van der Waals surface area contributed by atoms with Gasteiger partial charge in [-0.05, 0) is 37.0 Å². The fraction of sp³-hybridized carbons (Fsp3) is 0.500. The van der Waals surface area contributed by atoms with Crippen molar-refractivity contribution < 1.29 is 19.0 Å². The fourth-order valence-corrected chi connectivity index (χ4v) is 3.39. The van der Waals surface area contributed by atoms with Gasteiger partial charge in [-0.2, -0.15) is 5.26 Å². The number of ether oxygens (including phenoxy) is 1. The zero-order chi connectivity index (χ0) is 15.7. The number of halogens is 1. The van der Waals surface area contributed by atoms with Crippen LogP contribution in [0.5, 0.6) is 0 Å². The second kappa shape index (κ2) is 5.58. The summed E-state index contributed by atoms with van der Waals surface area (Å²) in [4.78, 5) is 12.4. The first-order chi connectivity index (χ1) is 10.5. The molecule has 6 heteroatoms. The molecule has 116 valence electrons. The number of benzene rings is 1. The van der Waals surface area contributed by atoms with Crippen molar-refractivity contribution in [3.05, 3.63) is 35.1 Å². The molecule has 1 atom stereocenters. The summed E-state index contributed by atoms with van der Waals surface area (Å²) >= 11 is 0. The minimum absolute atomic E-state index is 0.0483. The molecule has 1 aromatic rings. The van der Waals surface area contributed by atoms with Crippen molar-refractivity contribution in [1.82, 2.24) is 4.90 Å². The Labute approximate surface area is 127 Å². The molecule has 0 unspecified atom stereocenters. The van der Waals surface area contributed by atoms with E-state index >= 15 is 0 Å². The van der Waals surface area contributed by atoms with Gasteiger partial charge in [0.15, 0.2) is 0 Å². The molecule has 2 aliphatic heterocycles. The molecule has 5 nitrogen and oxygen atoms in total. The number of likely N-dealkylation sites (tertiary alicyclic amines) is 1. The summed E-state index contributed by atoms with van der Waals surface area (Å²) < 4.78 is 19.7. The molecular weight excluding hydrogens is 287 g/mol. The molecule has 22 heavy (non-hydrogen) atoms. The number of carbonyl (C=O) groups is 1. The molecule has 1 spiro atoms. The van der Waals surface area contributed by atoms with Gasteiger partial charge in [0.2, 0.25) is 0 Å². The zero-order valence-electron chi connectivity index (χ0n) is 12.1. The molecule has 2 aliphatic rings. The van der Waals surface area contributed by atoms with E-state index in [1.165, 1.54) is 17.0 Å². The summed E-state index contributed by atoms with van der Waals surface area (Å²) in [6, 6.07) is 6.51. The highest BCUT2D eigenvalue weighted by molar-refractivity contribution is 5.65. The average molecular weight is 304 g/mol. The van der Waals surface area contributed by atoms with Gasteiger partial charge in [0.1, 0.15) is 11.9 Å². The molecular formula is C16H17FN2O3. The predicted molar refractivity (Wildman–Crippen MR) is 76.0 cm³/mol. The number of piperidine rings is 1. The molecule has 0 radical (unpaired) electrons. The number of amides is 1. The highest BCUT2D eigenvalue weighted by Crippen LogP contribution is 2.42. The second-order valence-electron chi connectivity index (χ2n) is 6.02. The molecule has 2 heterocycles. The van der Waals surface area contributed by atoms with Crippen molar-refractivity contribution in [3.63, 3.8) is 0 Å². The monoisotopic (exact) mass is 304 g/mol. The van der Waals surface area contributed by atoms with Crippen molar-refractivity contribution in [1.29, 1.82) is 5.26 Å². The molecule has 0 aliphatic carbocycles. The van der Waals surface area contributed by atoms with E-state index in [1.807, 2.05) is 6.07 Å². The lowest BCUT2D eigenvalue weighted by atomic mass is 9.83. The highest BCUT2D eigenvalue weighted by atomic mass is 19.1. The lowest BCUT2D eigenvalue weighted by Crippen LogP contribution is -2.45. The standard InChI is InChI=1S/C16H17FN2O3/c17-14-7-11(1-2-12(14)9-18)13-8-16(22-10-13)3-5-19(6-4-16)15(20)21/h1-2,7,13H,3-6,8,10H2,(H,20,21)/t13-/m0/s1. The van der Waals surface area contributed by atoms with Crippen molar-refractivity contribution in [3.8, 4) is 6.07 Å². The second-order valence-corrected chi connectivity index (χ2v) is 6.02. The Bertz CT molecular complexity index is 633. The van der Waals surface area contributed by atoms with Gasteiger partial charge in [-0.15, -0.1) is 0 Å². The van der Waals surface area contributed by atoms with Crippen molar-refractivity contribution in [2.24, 2.45) is 0 Å². The zero-order valence-corrected chi connectivity index (χ0v) is 12.1. The normalized spacial score (nSPS) is 23.5. The first-order valence-corrected chi connectivity index (χ1v) is 7.34. The number of hydrogen-bond donors (Lipinski definition) is 1. The summed E-state index contributed by atoms with van der Waals surface area (Å²) in [5, 5.41) is 17.8. The summed E-state index contributed by atoms with van der Waals surface area (Å²) in [5.74, 6) is -0.403. The van der Waals surface area contributed by atoms with Crippen LogP contribution in [0.25, 0.3) is 0 Å². The van der Waals surface area contributed by atoms with Gasteiger partial charge in [0.25, 0.3) is 0 Å². The number of carboxylic acid groups (broad SMARTS) is 1. The van der Waals surface area contributed by atoms with Crippen LogP contribution >= 0.6 is 0 Å². The van der Waals surface area contributed by atoms with Crippen LogP contribution in [0.15, 0.2) is 18.2 Å². The van der Waals surface area contributed by atoms with Crippen LogP contribution in [-0.2, 0) is 4.74 Å². The van der Waals surface area contributed by atoms with Crippen LogP contribution in [0.4, 0.5) is 9.18 Å². The van der Waals surface area contributed by atoms with E-state index in [4.69, 9.17) is 15.1 Å². The molecule has 1 N–H and O–H groups in total. The average Bonchev–Trinajstić information content (AvgIpc) is 2.91. The molecule has 1 aromatic carbocycles. The van der Waals surface area contributed by atoms with E-state index in [2.05, 4.69) is 0 Å². The van der Waals surface area contributed by atoms with E-state index < -0.39 is 11.9 Å². The maximum absolute atomic E-state index is 13.7. The van der Waals surface area contributed by atoms with E-state index in [0.717, 1.165) is 12.0 Å². The molecule has 2 fully saturated rings. The highest BCUT2D eigenvalue weighted by Gasteiger charge is 2.43. The van der Waals surface area contributed by atoms with Crippen molar-refractivity contribution in [2.45, 2.75) is 30.8 Å². The maximum Gasteiger partial charge on any atom is 0.407 e. The van der Waals surface area contributed by atoms with E-state index in [9.17, 15) is 9.18 Å². The molecule has 0 bridgehead atoms. The van der Waals surface area contributed by atoms with Crippen molar-refractivity contribution >= 4 is 6.09 Å². The van der Waals surface area contributed by atoms with Gasteiger partial charge in [-0.25, -0.2) is 9.18 Å². The van der Waals surface area contributed by atoms with Crippen LogP contribution in [0, 0.1) is 17.1 Å². The first-order valence-electron chi connectivity index (χ1n) is 7.34. The third-order valence-corrected chi connectivity index (χ3v) is 4.74. The van der Waals surface area contributed by atoms with Gasteiger partial charge in [-0.3, -0.25) is 0 Å². The third-order valence-electron chi connectivity index (χ3n) is 4.74. The predicted octanol–water partition coefficient (Wildman–Crippen LogP) is 2.71. The summed E-state index contributed by atoms with van der Waals surface area (Å²) in [5.41, 5.74) is 0.599. The molecule has 0 saturated carbocycles. The largest absolute Gasteiger partial charge is 0.465 e. The molecule has 3 rings (SSSR count). The van der Waals surface area contributed by atoms with Crippen LogP contribution in [-0.4, -0.2) is 41.4 Å². The smallest absolute Gasteiger partial charge is 0.407 e. The van der Waals surface area contributed by atoms with Crippen LogP contribution in [0.2, 0.25) is 0 Å². The van der Waals surface area contributed by atoms with Gasteiger partial charge < -0.3 is 14.7 Å². The lowest BCUT2D eigenvalue weighted by molar-refractivity contribution is -0.0394. The Morgan fingerprint density at radius 3 is 2.77 bits per heavy atom. The maximum atomic E-state index is 13.7. The summed E-state index contributed by atoms with van der Waals surface area (Å²) in [6.45, 7) is 1.46. The Morgan fingerprint density at radius 2 is 2.18 bits per heavy atom. The fourth-order valence-electron chi connectivity index (χ4n) is 3.39. The Morgan fingerprint density at radius 1 is 1.45 bits per heavy atom. The molecule has 1 amide bonds. The SMILES string of the molecule is N#Cc1ccc([C@@H]2COC3(CCN(C(=O)O)CC3)C2)cc1F. The molecule has 2 saturated heterocycles. The number of hydrogen-bond acceptors (Lipinski definition) is 3. The minimum atomic E-state index is -0.890. The lowest BCUT2D eigenvalue weighted by Gasteiger charge is -2.37. The quantitative estimate of drug-likeness (QED) is 0.865. The summed E-state index contributed by atoms with van der Waals surface area (Å²) in [7, 11) is 0. The van der Waals surface area contributed by atoms with Crippen molar-refractivity contribution in [2.75, 3.05) is 19.7 Å². The Balaban J connectivity index is 1.69. The summed E-state index contributed by atoms with van der Waals surface area (Å²) in [6.07, 6.45) is 1.23. The van der Waals surface area contributed by atoms with E-state index in [0.29, 0.717) is 32.5 Å². The van der Waals surface area contributed by atoms with Crippen LogP contribution in [0.3, 0.4) is 0 Å². The number of nitriles is 1. The topological polar surface area (TPSA) is 73.6 Å². The Hall–Kier alpha value is -2.13. The van der Waals surface area contributed by atoms with E-state index in [-0.39, 0.29) is 17.1 Å². The molecule has 0 aromatic heterocycles. The third kappa shape index (κ3) is 2.64. The van der Waals surface area contributed by atoms with Gasteiger partial charge >= 0.3 is 6.09 Å². The number of nitrogens with zero attached hydrogens (tertiary/aromatic N) is 2. The van der Waals surface area contributed by atoms with Gasteiger partial charge in [0, 0.05) is 19.0 Å². The van der Waals surface area contributed by atoms with Crippen LogP contribution < -0.4 is 0 Å². The van der Waals surface area contributed by atoms with Gasteiger partial charge in [-0.1, -0.05) is 6.07 Å². The minimum Gasteiger partial charge on any atom is -0.465 e. The Kier molecular flexibility index (Phi) is 3.75. The first kappa shape index (κ1) is 14.8. The number of rotatable bonds is 1. The van der Waals surface area contributed by atoms with Gasteiger partial charge in [0.05, 0.1) is 17.8 Å².